The molecule has 11 heteroatoms. The second-order valence-corrected chi connectivity index (χ2v) is 14.2. The summed E-state index contributed by atoms with van der Waals surface area (Å²) in [6.07, 6.45) is 0.141. The minimum atomic E-state index is -4.30. The van der Waals surface area contributed by atoms with Crippen molar-refractivity contribution in [1.29, 1.82) is 0 Å². The van der Waals surface area contributed by atoms with Crippen molar-refractivity contribution >= 4 is 50.7 Å². The van der Waals surface area contributed by atoms with Gasteiger partial charge in [0.05, 0.1) is 10.6 Å². The lowest BCUT2D eigenvalue weighted by Crippen LogP contribution is -2.56. The first kappa shape index (κ1) is 34.0. The van der Waals surface area contributed by atoms with Crippen molar-refractivity contribution in [3.8, 4) is 0 Å². The molecule has 7 nitrogen and oxygen atoms in total. The van der Waals surface area contributed by atoms with Crippen molar-refractivity contribution in [2.24, 2.45) is 0 Å². The maximum absolute atomic E-state index is 14.5. The van der Waals surface area contributed by atoms with Gasteiger partial charge in [0.25, 0.3) is 10.0 Å². The lowest BCUT2D eigenvalue weighted by atomic mass is 10.0. The van der Waals surface area contributed by atoms with Gasteiger partial charge in [-0.25, -0.2) is 12.8 Å². The number of hydrogen-bond acceptors (Lipinski definition) is 4. The zero-order valence-electron chi connectivity index (χ0n) is 25.1. The Morgan fingerprint density at radius 2 is 1.47 bits per heavy atom. The monoisotopic (exact) mass is 669 g/mol. The molecule has 4 aromatic carbocycles. The van der Waals surface area contributed by atoms with Crippen LogP contribution in [0.1, 0.15) is 31.9 Å². The fourth-order valence-corrected chi connectivity index (χ4v) is 6.60. The van der Waals surface area contributed by atoms with Gasteiger partial charge in [0.1, 0.15) is 18.4 Å². The number of amides is 2. The van der Waals surface area contributed by atoms with Gasteiger partial charge in [-0.2, -0.15) is 0 Å². The van der Waals surface area contributed by atoms with Gasteiger partial charge in [0, 0.05) is 28.5 Å². The van der Waals surface area contributed by atoms with Gasteiger partial charge >= 0.3 is 0 Å². The molecule has 0 bridgehead atoms. The molecule has 0 aliphatic carbocycles. The first-order chi connectivity index (χ1) is 21.2. The van der Waals surface area contributed by atoms with E-state index in [9.17, 15) is 22.4 Å². The summed E-state index contributed by atoms with van der Waals surface area (Å²) in [5.41, 5.74) is 0.751. The minimum Gasteiger partial charge on any atom is -0.350 e. The molecule has 1 unspecified atom stereocenters. The molecule has 0 aromatic heterocycles. The van der Waals surface area contributed by atoms with Crippen molar-refractivity contribution < 1.29 is 22.4 Å². The van der Waals surface area contributed by atoms with Crippen molar-refractivity contribution in [3.05, 3.63) is 130 Å². The summed E-state index contributed by atoms with van der Waals surface area (Å²) >= 11 is 12.7. The smallest absolute Gasteiger partial charge is 0.264 e. The maximum Gasteiger partial charge on any atom is 0.264 e. The molecule has 1 atom stereocenters. The molecule has 4 rings (SSSR count). The van der Waals surface area contributed by atoms with E-state index in [-0.39, 0.29) is 28.6 Å². The van der Waals surface area contributed by atoms with E-state index in [0.717, 1.165) is 22.0 Å². The predicted octanol–water partition coefficient (Wildman–Crippen LogP) is 6.88. The number of carbonyl (C=O) groups excluding carboxylic acids is 2. The van der Waals surface area contributed by atoms with Crippen LogP contribution in [0.2, 0.25) is 10.0 Å². The summed E-state index contributed by atoms with van der Waals surface area (Å²) in [5.74, 6) is -1.67. The molecular formula is C34H34Cl2FN3O4S. The first-order valence-electron chi connectivity index (χ1n) is 14.2. The second kappa shape index (κ2) is 14.5. The zero-order valence-corrected chi connectivity index (χ0v) is 27.4. The Kier molecular flexibility index (Phi) is 10.9. The van der Waals surface area contributed by atoms with Gasteiger partial charge < -0.3 is 10.2 Å². The van der Waals surface area contributed by atoms with Gasteiger partial charge in [-0.3, -0.25) is 13.9 Å². The van der Waals surface area contributed by atoms with Crippen molar-refractivity contribution in [2.75, 3.05) is 10.8 Å². The summed E-state index contributed by atoms with van der Waals surface area (Å²) in [4.78, 5) is 29.6. The van der Waals surface area contributed by atoms with Crippen LogP contribution in [-0.2, 0) is 32.6 Å². The number of sulfonamides is 1. The number of halogens is 3. The van der Waals surface area contributed by atoms with Crippen LogP contribution in [0.25, 0.3) is 0 Å². The summed E-state index contributed by atoms with van der Waals surface area (Å²) in [5, 5.41) is 3.64. The predicted molar refractivity (Wildman–Crippen MR) is 176 cm³/mol. The second-order valence-electron chi connectivity index (χ2n) is 11.5. The zero-order chi connectivity index (χ0) is 32.8. The Morgan fingerprint density at radius 3 is 2.04 bits per heavy atom. The number of nitrogens with zero attached hydrogens (tertiary/aromatic N) is 2. The van der Waals surface area contributed by atoms with Crippen LogP contribution in [0.4, 0.5) is 10.1 Å². The van der Waals surface area contributed by atoms with Gasteiger partial charge in [-0.15, -0.1) is 0 Å². The van der Waals surface area contributed by atoms with Crippen LogP contribution in [-0.4, -0.2) is 43.3 Å². The third kappa shape index (κ3) is 9.06. The van der Waals surface area contributed by atoms with Crippen LogP contribution in [0, 0.1) is 5.82 Å². The van der Waals surface area contributed by atoms with Gasteiger partial charge in [0.2, 0.25) is 11.8 Å². The molecule has 236 valence electrons. The number of nitrogens with one attached hydrogen (secondary N) is 1. The van der Waals surface area contributed by atoms with E-state index in [4.69, 9.17) is 23.2 Å². The molecule has 45 heavy (non-hydrogen) atoms. The molecule has 0 aliphatic rings. The fraction of sp³-hybridized carbons (Fsp3) is 0.235. The number of rotatable bonds is 11. The average Bonchev–Trinajstić information content (AvgIpc) is 2.99. The summed E-state index contributed by atoms with van der Waals surface area (Å²) < 4.78 is 42.7. The lowest BCUT2D eigenvalue weighted by molar-refractivity contribution is -0.140. The SMILES string of the molecule is CC(C)(C)NC(=O)C(Cc1ccccc1)N(Cc1ccc(Cl)cc1Cl)C(=O)CN(c1ccc(F)cc1)S(=O)(=O)c1ccccc1. The maximum atomic E-state index is 14.5. The van der Waals surface area contributed by atoms with Gasteiger partial charge in [0.15, 0.2) is 0 Å². The van der Waals surface area contributed by atoms with Gasteiger partial charge in [-0.1, -0.05) is 77.8 Å². The average molecular weight is 671 g/mol. The molecule has 1 N–H and O–H groups in total. The molecule has 0 heterocycles. The molecule has 0 saturated carbocycles. The summed E-state index contributed by atoms with van der Waals surface area (Å²) in [6.45, 7) is 4.69. The Bertz CT molecular complexity index is 1730. The quantitative estimate of drug-likeness (QED) is 0.189. The van der Waals surface area contributed by atoms with E-state index in [0.29, 0.717) is 10.6 Å². The number of anilines is 1. The number of carbonyl (C=O) groups is 2. The van der Waals surface area contributed by atoms with Crippen molar-refractivity contribution in [1.82, 2.24) is 10.2 Å². The lowest BCUT2D eigenvalue weighted by Gasteiger charge is -2.35. The van der Waals surface area contributed by atoms with Crippen LogP contribution >= 0.6 is 23.2 Å². The Balaban J connectivity index is 1.83. The normalized spacial score (nSPS) is 12.3. The highest BCUT2D eigenvalue weighted by molar-refractivity contribution is 7.92. The van der Waals surface area contributed by atoms with Gasteiger partial charge in [-0.05, 0) is 80.4 Å². The topological polar surface area (TPSA) is 86.8 Å². The molecule has 0 fully saturated rings. The van der Waals surface area contributed by atoms with Crippen LogP contribution in [0.15, 0.2) is 108 Å². The van der Waals surface area contributed by atoms with Crippen molar-refractivity contribution in [2.45, 2.75) is 50.2 Å². The van der Waals surface area contributed by atoms with Crippen LogP contribution in [0.5, 0.6) is 0 Å². The summed E-state index contributed by atoms with van der Waals surface area (Å²) in [6, 6.07) is 25.4. The largest absolute Gasteiger partial charge is 0.350 e. The Morgan fingerprint density at radius 1 is 0.867 bits per heavy atom. The highest BCUT2D eigenvalue weighted by atomic mass is 35.5. The molecule has 0 saturated heterocycles. The third-order valence-corrected chi connectivity index (χ3v) is 9.22. The number of benzene rings is 4. The van der Waals surface area contributed by atoms with Crippen molar-refractivity contribution in [3.63, 3.8) is 0 Å². The van der Waals surface area contributed by atoms with E-state index in [2.05, 4.69) is 5.32 Å². The molecule has 0 spiro atoms. The molecule has 2 amide bonds. The van der Waals surface area contributed by atoms with E-state index < -0.39 is 45.8 Å². The Hall–Kier alpha value is -3.92. The van der Waals surface area contributed by atoms with E-state index in [1.54, 1.807) is 30.3 Å². The fourth-order valence-electron chi connectivity index (χ4n) is 4.70. The minimum absolute atomic E-state index is 0.0549. The van der Waals surface area contributed by atoms with Crippen LogP contribution < -0.4 is 9.62 Å². The summed E-state index contributed by atoms with van der Waals surface area (Å²) in [7, 11) is -4.30. The highest BCUT2D eigenvalue weighted by Gasteiger charge is 2.36. The highest BCUT2D eigenvalue weighted by Crippen LogP contribution is 2.27. The van der Waals surface area contributed by atoms with Crippen LogP contribution in [0.3, 0.4) is 0 Å². The first-order valence-corrected chi connectivity index (χ1v) is 16.4. The van der Waals surface area contributed by atoms with E-state index in [1.807, 2.05) is 51.1 Å². The standard InChI is InChI=1S/C34H34Cl2FN3O4S/c1-34(2,3)38-33(42)31(20-24-10-6-4-7-11-24)39(22-25-14-15-26(35)21-30(25)36)32(41)23-40(28-18-16-27(37)17-19-28)45(43,44)29-12-8-5-9-13-29/h4-19,21,31H,20,22-23H2,1-3H3,(H,38,42). The molecule has 4 aromatic rings. The van der Waals surface area contributed by atoms with E-state index >= 15 is 0 Å². The Labute approximate surface area is 273 Å². The number of hydrogen-bond donors (Lipinski definition) is 1. The molecule has 0 aliphatic heterocycles. The molecule has 0 radical (unpaired) electrons. The molecular weight excluding hydrogens is 636 g/mol. The third-order valence-electron chi connectivity index (χ3n) is 6.85. The van der Waals surface area contributed by atoms with E-state index in [1.165, 1.54) is 35.2 Å².